The van der Waals surface area contributed by atoms with E-state index < -0.39 is 19.5 Å². The Morgan fingerprint density at radius 3 is 2.48 bits per heavy atom. The number of aliphatic hydroxyl groups excluding tert-OH is 1. The zero-order valence-electron chi connectivity index (χ0n) is 14.6. The van der Waals surface area contributed by atoms with E-state index in [0.29, 0.717) is 26.8 Å². The molecular formula is C18H23FN2O5S. The van der Waals surface area contributed by atoms with Gasteiger partial charge in [0, 0.05) is 28.4 Å². The molecule has 27 heavy (non-hydrogen) atoms. The highest BCUT2D eigenvalue weighted by Crippen LogP contribution is 2.36. The fraction of sp³-hybridized carbons (Fsp3) is 0.333. The van der Waals surface area contributed by atoms with Crippen molar-refractivity contribution in [3.63, 3.8) is 0 Å². The molecule has 0 spiro atoms. The van der Waals surface area contributed by atoms with Crippen molar-refractivity contribution < 1.29 is 29.6 Å². The summed E-state index contributed by atoms with van der Waals surface area (Å²) in [7, 11) is 0. The lowest BCUT2D eigenvalue weighted by Crippen LogP contribution is -2.48. The highest BCUT2D eigenvalue weighted by Gasteiger charge is 2.29. The lowest BCUT2D eigenvalue weighted by molar-refractivity contribution is -0.404. The summed E-state index contributed by atoms with van der Waals surface area (Å²) in [6, 6.07) is 12.3. The van der Waals surface area contributed by atoms with E-state index in [2.05, 4.69) is 0 Å². The summed E-state index contributed by atoms with van der Waals surface area (Å²) in [5.74, 6) is 0.459. The van der Waals surface area contributed by atoms with Crippen molar-refractivity contribution in [2.45, 2.75) is 28.9 Å². The minimum absolute atomic E-state index is 0.185. The number of nitrogen functional groups attached to an aromatic ring is 1. The molecule has 0 saturated carbocycles. The fourth-order valence-corrected chi connectivity index (χ4v) is 3.22. The van der Waals surface area contributed by atoms with Crippen LogP contribution in [0.3, 0.4) is 0 Å². The molecule has 9 heteroatoms. The predicted octanol–water partition coefficient (Wildman–Crippen LogP) is 1.50. The molecule has 2 aromatic rings. The molecule has 0 aliphatic carbocycles. The molecule has 0 saturated heterocycles. The van der Waals surface area contributed by atoms with Gasteiger partial charge in [-0.2, -0.15) is 4.90 Å². The predicted molar refractivity (Wildman–Crippen MR) is 99.5 cm³/mol. The van der Waals surface area contributed by atoms with Crippen LogP contribution in [0.25, 0.3) is 0 Å². The van der Waals surface area contributed by atoms with E-state index in [1.54, 1.807) is 24.3 Å². The van der Waals surface area contributed by atoms with Crippen LogP contribution in [0.5, 0.6) is 5.75 Å². The number of benzene rings is 2. The Morgan fingerprint density at radius 2 is 1.85 bits per heavy atom. The largest absolute Gasteiger partial charge is 0.493 e. The fourth-order valence-electron chi connectivity index (χ4n) is 2.26. The molecule has 2 rings (SSSR count). The molecule has 0 heterocycles. The van der Waals surface area contributed by atoms with Gasteiger partial charge in [0.25, 0.3) is 0 Å². The van der Waals surface area contributed by atoms with Crippen LogP contribution in [0.2, 0.25) is 0 Å². The van der Waals surface area contributed by atoms with Gasteiger partial charge in [-0.15, -0.1) is 0 Å². The SMILES string of the molecule is Nc1ccccc1Sc1ccc(OCCCF)cc1CN(CO)C(O)(O)O. The van der Waals surface area contributed by atoms with Gasteiger partial charge in [0.15, 0.2) is 0 Å². The third-order valence-electron chi connectivity index (χ3n) is 3.67. The number of aliphatic hydroxyl groups is 4. The van der Waals surface area contributed by atoms with Crippen molar-refractivity contribution in [3.05, 3.63) is 48.0 Å². The Morgan fingerprint density at radius 1 is 1.11 bits per heavy atom. The first-order valence-corrected chi connectivity index (χ1v) is 9.04. The van der Waals surface area contributed by atoms with Gasteiger partial charge in [0.2, 0.25) is 0 Å². The molecule has 0 fully saturated rings. The monoisotopic (exact) mass is 398 g/mol. The van der Waals surface area contributed by atoms with Crippen LogP contribution in [0, 0.1) is 0 Å². The maximum atomic E-state index is 12.3. The number of hydrogen-bond donors (Lipinski definition) is 5. The van der Waals surface area contributed by atoms with Crippen LogP contribution in [-0.2, 0) is 6.54 Å². The third-order valence-corrected chi connectivity index (χ3v) is 4.88. The van der Waals surface area contributed by atoms with Gasteiger partial charge >= 0.3 is 6.10 Å². The first kappa shape index (κ1) is 21.4. The smallest absolute Gasteiger partial charge is 0.347 e. The van der Waals surface area contributed by atoms with Crippen molar-refractivity contribution in [3.8, 4) is 5.75 Å². The van der Waals surface area contributed by atoms with Crippen molar-refractivity contribution in [1.29, 1.82) is 0 Å². The molecule has 148 valence electrons. The van der Waals surface area contributed by atoms with Gasteiger partial charge in [-0.25, -0.2) is 0 Å². The van der Waals surface area contributed by atoms with E-state index in [-0.39, 0.29) is 19.6 Å². The second-order valence-electron chi connectivity index (χ2n) is 5.74. The normalized spacial score (nSPS) is 11.8. The number of para-hydroxylation sites is 1. The van der Waals surface area contributed by atoms with Gasteiger partial charge in [0.05, 0.1) is 13.3 Å². The van der Waals surface area contributed by atoms with E-state index in [9.17, 15) is 24.8 Å². The number of ether oxygens (including phenoxy) is 1. The number of rotatable bonds is 10. The zero-order valence-corrected chi connectivity index (χ0v) is 15.4. The Labute approximate surface area is 160 Å². The van der Waals surface area contributed by atoms with Gasteiger partial charge in [-0.05, 0) is 35.9 Å². The molecule has 2 aromatic carbocycles. The average molecular weight is 398 g/mol. The van der Waals surface area contributed by atoms with Crippen LogP contribution in [0.1, 0.15) is 12.0 Å². The van der Waals surface area contributed by atoms with Gasteiger partial charge in [0.1, 0.15) is 12.5 Å². The lowest BCUT2D eigenvalue weighted by Gasteiger charge is -2.28. The number of alkyl halides is 1. The molecule has 0 amide bonds. The molecule has 0 radical (unpaired) electrons. The molecule has 0 aliphatic heterocycles. The molecule has 0 atom stereocenters. The molecule has 0 aliphatic rings. The quantitative estimate of drug-likeness (QED) is 0.232. The van der Waals surface area contributed by atoms with E-state index in [0.717, 1.165) is 4.90 Å². The topological polar surface area (TPSA) is 119 Å². The summed E-state index contributed by atoms with van der Waals surface area (Å²) in [6.07, 6.45) is -2.93. The van der Waals surface area contributed by atoms with Gasteiger partial charge in [-0.3, -0.25) is 4.39 Å². The summed E-state index contributed by atoms with van der Waals surface area (Å²) in [6.45, 7) is -1.28. The number of anilines is 1. The molecular weight excluding hydrogens is 375 g/mol. The molecule has 7 nitrogen and oxygen atoms in total. The maximum absolute atomic E-state index is 12.3. The molecule has 6 N–H and O–H groups in total. The van der Waals surface area contributed by atoms with E-state index >= 15 is 0 Å². The summed E-state index contributed by atoms with van der Waals surface area (Å²) in [5.41, 5.74) is 7.11. The molecule has 0 unspecified atom stereocenters. The second kappa shape index (κ2) is 9.88. The van der Waals surface area contributed by atoms with Crippen LogP contribution in [0.15, 0.2) is 52.3 Å². The van der Waals surface area contributed by atoms with E-state index in [4.69, 9.17) is 10.5 Å². The van der Waals surface area contributed by atoms with Crippen LogP contribution < -0.4 is 10.5 Å². The van der Waals surface area contributed by atoms with Gasteiger partial charge in [-0.1, -0.05) is 23.9 Å². The standard InChI is InChI=1S/C18H23FN2O5S/c19-8-3-9-26-14-6-7-16(27-17-5-2-1-4-15(17)20)13(10-14)11-21(12-22)18(23,24)25/h1-2,4-7,10,22-25H,3,8-9,11-12,20H2. The summed E-state index contributed by atoms with van der Waals surface area (Å²) >= 11 is 1.35. The first-order valence-electron chi connectivity index (χ1n) is 8.22. The number of nitrogens with zero attached hydrogens (tertiary/aromatic N) is 1. The van der Waals surface area contributed by atoms with Crippen molar-refractivity contribution in [2.24, 2.45) is 0 Å². The van der Waals surface area contributed by atoms with Crippen molar-refractivity contribution >= 4 is 17.4 Å². The Hall–Kier alpha value is -1.88. The first-order chi connectivity index (χ1) is 12.8. The van der Waals surface area contributed by atoms with E-state index in [1.165, 1.54) is 11.8 Å². The van der Waals surface area contributed by atoms with Crippen LogP contribution in [0.4, 0.5) is 10.1 Å². The highest BCUT2D eigenvalue weighted by atomic mass is 32.2. The maximum Gasteiger partial charge on any atom is 0.347 e. The second-order valence-corrected chi connectivity index (χ2v) is 6.82. The Balaban J connectivity index is 2.31. The average Bonchev–Trinajstić information content (AvgIpc) is 2.62. The van der Waals surface area contributed by atoms with Gasteiger partial charge < -0.3 is 30.9 Å². The molecule has 0 bridgehead atoms. The van der Waals surface area contributed by atoms with E-state index in [1.807, 2.05) is 18.2 Å². The summed E-state index contributed by atoms with van der Waals surface area (Å²) < 4.78 is 17.7. The van der Waals surface area contributed by atoms with Crippen molar-refractivity contribution in [1.82, 2.24) is 4.90 Å². The molecule has 0 aromatic heterocycles. The van der Waals surface area contributed by atoms with Crippen LogP contribution in [-0.4, -0.2) is 51.4 Å². The Bertz CT molecular complexity index is 742. The minimum Gasteiger partial charge on any atom is -0.493 e. The zero-order chi connectivity index (χ0) is 19.9. The highest BCUT2D eigenvalue weighted by molar-refractivity contribution is 7.99. The Kier molecular flexibility index (Phi) is 7.84. The lowest BCUT2D eigenvalue weighted by atomic mass is 10.2. The third kappa shape index (κ3) is 6.35. The summed E-state index contributed by atoms with van der Waals surface area (Å²) in [4.78, 5) is 2.16. The van der Waals surface area contributed by atoms with Crippen LogP contribution >= 0.6 is 11.8 Å². The summed E-state index contributed by atoms with van der Waals surface area (Å²) in [5, 5.41) is 37.5. The number of nitrogens with two attached hydrogens (primary N) is 1. The minimum atomic E-state index is -3.19. The number of halogens is 1. The van der Waals surface area contributed by atoms with Crippen molar-refractivity contribution in [2.75, 3.05) is 25.7 Å². The number of hydrogen-bond acceptors (Lipinski definition) is 8.